The zero-order chi connectivity index (χ0) is 13.6. The van der Waals surface area contributed by atoms with Crippen LogP contribution in [0.4, 0.5) is 0 Å². The molecule has 0 unspecified atom stereocenters. The molecule has 1 aliphatic rings. The van der Waals surface area contributed by atoms with E-state index in [0.29, 0.717) is 6.42 Å². The third kappa shape index (κ3) is 5.07. The molecule has 4 nitrogen and oxygen atoms in total. The van der Waals surface area contributed by atoms with Gasteiger partial charge in [-0.25, -0.2) is 0 Å². The van der Waals surface area contributed by atoms with Gasteiger partial charge >= 0.3 is 5.97 Å². The van der Waals surface area contributed by atoms with Gasteiger partial charge in [0.2, 0.25) is 5.91 Å². The molecule has 0 aliphatic heterocycles. The van der Waals surface area contributed by atoms with Crippen molar-refractivity contribution in [1.82, 2.24) is 5.32 Å². The number of rotatable bonds is 7. The van der Waals surface area contributed by atoms with E-state index >= 15 is 0 Å². The summed E-state index contributed by atoms with van der Waals surface area (Å²) in [7, 11) is 0. The van der Waals surface area contributed by atoms with E-state index in [1.54, 1.807) is 13.8 Å². The SMILES string of the molecule is CC(C)(CNC(=O)CCCC1CCCC1)C(=O)O. The maximum Gasteiger partial charge on any atom is 0.310 e. The van der Waals surface area contributed by atoms with Crippen molar-refractivity contribution >= 4 is 11.9 Å². The van der Waals surface area contributed by atoms with E-state index in [9.17, 15) is 9.59 Å². The third-order valence-corrected chi connectivity index (χ3v) is 3.80. The number of carboxylic acids is 1. The molecule has 1 amide bonds. The van der Waals surface area contributed by atoms with Crippen molar-refractivity contribution in [3.05, 3.63) is 0 Å². The van der Waals surface area contributed by atoms with E-state index in [2.05, 4.69) is 5.32 Å². The fourth-order valence-electron chi connectivity index (χ4n) is 2.33. The van der Waals surface area contributed by atoms with Gasteiger partial charge < -0.3 is 10.4 Å². The van der Waals surface area contributed by atoms with Gasteiger partial charge in [0, 0.05) is 13.0 Å². The van der Waals surface area contributed by atoms with Gasteiger partial charge in [-0.2, -0.15) is 0 Å². The normalized spacial score (nSPS) is 16.8. The van der Waals surface area contributed by atoms with Gasteiger partial charge in [-0.1, -0.05) is 25.7 Å². The molecule has 0 heterocycles. The number of aliphatic carboxylic acids is 1. The molecule has 2 N–H and O–H groups in total. The molecule has 0 saturated heterocycles. The summed E-state index contributed by atoms with van der Waals surface area (Å²) in [4.78, 5) is 22.5. The van der Waals surface area contributed by atoms with Crippen LogP contribution in [0.25, 0.3) is 0 Å². The standard InChI is InChI=1S/C14H25NO3/c1-14(2,13(17)18)10-15-12(16)9-5-8-11-6-3-4-7-11/h11H,3-10H2,1-2H3,(H,15,16)(H,17,18). The lowest BCUT2D eigenvalue weighted by Crippen LogP contribution is -2.38. The Balaban J connectivity index is 2.11. The van der Waals surface area contributed by atoms with Crippen molar-refractivity contribution in [3.8, 4) is 0 Å². The molecule has 0 atom stereocenters. The fraction of sp³-hybridized carbons (Fsp3) is 0.857. The van der Waals surface area contributed by atoms with Crippen molar-refractivity contribution in [2.75, 3.05) is 6.54 Å². The van der Waals surface area contributed by atoms with Gasteiger partial charge in [0.15, 0.2) is 0 Å². The average molecular weight is 255 g/mol. The number of nitrogens with one attached hydrogen (secondary N) is 1. The van der Waals surface area contributed by atoms with Crippen molar-refractivity contribution in [1.29, 1.82) is 0 Å². The molecule has 0 aromatic heterocycles. The smallest absolute Gasteiger partial charge is 0.310 e. The minimum atomic E-state index is -0.888. The highest BCUT2D eigenvalue weighted by molar-refractivity contribution is 5.78. The van der Waals surface area contributed by atoms with Crippen LogP contribution in [0.3, 0.4) is 0 Å². The first-order valence-electron chi connectivity index (χ1n) is 6.92. The van der Waals surface area contributed by atoms with Crippen LogP contribution in [0.15, 0.2) is 0 Å². The number of carbonyl (C=O) groups excluding carboxylic acids is 1. The highest BCUT2D eigenvalue weighted by atomic mass is 16.4. The van der Waals surface area contributed by atoms with Gasteiger partial charge in [0.25, 0.3) is 0 Å². The number of amides is 1. The first kappa shape index (κ1) is 15.0. The van der Waals surface area contributed by atoms with Crippen LogP contribution in [0.5, 0.6) is 0 Å². The van der Waals surface area contributed by atoms with Gasteiger partial charge in [-0.05, 0) is 32.6 Å². The van der Waals surface area contributed by atoms with Crippen molar-refractivity contribution in [3.63, 3.8) is 0 Å². The summed E-state index contributed by atoms with van der Waals surface area (Å²) in [6.07, 6.45) is 7.88. The highest BCUT2D eigenvalue weighted by Crippen LogP contribution is 2.28. The minimum Gasteiger partial charge on any atom is -0.481 e. The van der Waals surface area contributed by atoms with Crippen LogP contribution in [0.2, 0.25) is 0 Å². The second-order valence-electron chi connectivity index (χ2n) is 6.01. The Bertz CT molecular complexity index is 293. The monoisotopic (exact) mass is 255 g/mol. The summed E-state index contributed by atoms with van der Waals surface area (Å²) in [6.45, 7) is 3.44. The molecular weight excluding hydrogens is 230 g/mol. The zero-order valence-electron chi connectivity index (χ0n) is 11.5. The van der Waals surface area contributed by atoms with E-state index < -0.39 is 11.4 Å². The third-order valence-electron chi connectivity index (χ3n) is 3.80. The Labute approximate surface area is 109 Å². The summed E-state index contributed by atoms with van der Waals surface area (Å²) in [5.41, 5.74) is -0.888. The Morgan fingerprint density at radius 3 is 2.44 bits per heavy atom. The van der Waals surface area contributed by atoms with Crippen LogP contribution in [0, 0.1) is 11.3 Å². The molecule has 104 valence electrons. The number of carboxylic acid groups (broad SMARTS) is 1. The van der Waals surface area contributed by atoms with Crippen LogP contribution in [-0.2, 0) is 9.59 Å². The molecule has 1 aliphatic carbocycles. The molecule has 0 spiro atoms. The average Bonchev–Trinajstić information content (AvgIpc) is 2.79. The summed E-state index contributed by atoms with van der Waals surface area (Å²) in [5, 5.41) is 11.6. The van der Waals surface area contributed by atoms with E-state index in [4.69, 9.17) is 5.11 Å². The first-order valence-corrected chi connectivity index (χ1v) is 6.92. The summed E-state index contributed by atoms with van der Waals surface area (Å²) < 4.78 is 0. The van der Waals surface area contributed by atoms with Gasteiger partial charge in [-0.15, -0.1) is 0 Å². The maximum absolute atomic E-state index is 11.6. The lowest BCUT2D eigenvalue weighted by molar-refractivity contribution is -0.146. The van der Waals surface area contributed by atoms with Crippen LogP contribution in [0.1, 0.15) is 58.8 Å². The van der Waals surface area contributed by atoms with Gasteiger partial charge in [0.1, 0.15) is 0 Å². The van der Waals surface area contributed by atoms with Gasteiger partial charge in [0.05, 0.1) is 5.41 Å². The maximum atomic E-state index is 11.6. The predicted octanol–water partition coefficient (Wildman–Crippen LogP) is 2.57. The molecule has 0 aromatic rings. The Morgan fingerprint density at radius 2 is 1.89 bits per heavy atom. The van der Waals surface area contributed by atoms with Crippen LogP contribution >= 0.6 is 0 Å². The number of hydrogen-bond acceptors (Lipinski definition) is 2. The molecule has 1 fully saturated rings. The highest BCUT2D eigenvalue weighted by Gasteiger charge is 2.27. The van der Waals surface area contributed by atoms with Crippen molar-refractivity contribution in [2.24, 2.45) is 11.3 Å². The Morgan fingerprint density at radius 1 is 1.28 bits per heavy atom. The second kappa shape index (κ2) is 6.76. The largest absolute Gasteiger partial charge is 0.481 e. The molecule has 1 rings (SSSR count). The van der Waals surface area contributed by atoms with E-state index in [1.807, 2.05) is 0 Å². The van der Waals surface area contributed by atoms with E-state index in [1.165, 1.54) is 25.7 Å². The quantitative estimate of drug-likeness (QED) is 0.734. The first-order chi connectivity index (χ1) is 8.42. The van der Waals surface area contributed by atoms with E-state index in [-0.39, 0.29) is 12.5 Å². The molecular formula is C14H25NO3. The van der Waals surface area contributed by atoms with Crippen LogP contribution in [-0.4, -0.2) is 23.5 Å². The summed E-state index contributed by atoms with van der Waals surface area (Å²) in [5.74, 6) is -0.0932. The topological polar surface area (TPSA) is 66.4 Å². The second-order valence-corrected chi connectivity index (χ2v) is 6.01. The van der Waals surface area contributed by atoms with Crippen molar-refractivity contribution in [2.45, 2.75) is 58.8 Å². The minimum absolute atomic E-state index is 0.0256. The zero-order valence-corrected chi connectivity index (χ0v) is 11.5. The molecule has 18 heavy (non-hydrogen) atoms. The van der Waals surface area contributed by atoms with Crippen LogP contribution < -0.4 is 5.32 Å². The number of carbonyl (C=O) groups is 2. The molecule has 0 bridgehead atoms. The fourth-order valence-corrected chi connectivity index (χ4v) is 2.33. The van der Waals surface area contributed by atoms with E-state index in [0.717, 1.165) is 18.8 Å². The summed E-state index contributed by atoms with van der Waals surface area (Å²) >= 11 is 0. The van der Waals surface area contributed by atoms with Gasteiger partial charge in [-0.3, -0.25) is 9.59 Å². The summed E-state index contributed by atoms with van der Waals surface area (Å²) in [6, 6.07) is 0. The number of hydrogen-bond donors (Lipinski definition) is 2. The molecule has 4 heteroatoms. The lowest BCUT2D eigenvalue weighted by atomic mass is 9.94. The Kier molecular flexibility index (Phi) is 5.63. The molecule has 0 radical (unpaired) electrons. The predicted molar refractivity (Wildman–Crippen MR) is 70.2 cm³/mol. The Hall–Kier alpha value is -1.06. The molecule has 1 saturated carbocycles. The molecule has 0 aromatic carbocycles. The lowest BCUT2D eigenvalue weighted by Gasteiger charge is -2.19. The van der Waals surface area contributed by atoms with Crippen molar-refractivity contribution < 1.29 is 14.7 Å².